The van der Waals surface area contributed by atoms with Gasteiger partial charge in [-0.2, -0.15) is 0 Å². The molecule has 1 aromatic carbocycles. The highest BCUT2D eigenvalue weighted by Crippen LogP contribution is 2.67. The molecular formula is C28H34ClNO3. The number of hydrogen-bond donors (Lipinski definition) is 3. The van der Waals surface area contributed by atoms with Crippen LogP contribution in [-0.4, -0.2) is 31.8 Å². The molecule has 3 fully saturated rings. The molecule has 4 aliphatic carbocycles. The molecule has 3 saturated carbocycles. The lowest BCUT2D eigenvalue weighted by atomic mass is 9.53. The Morgan fingerprint density at radius 2 is 1.91 bits per heavy atom. The lowest BCUT2D eigenvalue weighted by Crippen LogP contribution is -2.62. The van der Waals surface area contributed by atoms with E-state index in [4.69, 9.17) is 11.6 Å². The molecule has 1 heterocycles. The molecule has 1 aromatic heterocycles. The van der Waals surface area contributed by atoms with Crippen molar-refractivity contribution >= 4 is 27.9 Å². The molecule has 7 atom stereocenters. The highest BCUT2D eigenvalue weighted by molar-refractivity contribution is 6.25. The lowest BCUT2D eigenvalue weighted by Gasteiger charge is -2.57. The van der Waals surface area contributed by atoms with Crippen LogP contribution in [-0.2, 0) is 0 Å². The Morgan fingerprint density at radius 1 is 1.06 bits per heavy atom. The van der Waals surface area contributed by atoms with E-state index in [1.54, 1.807) is 12.3 Å². The van der Waals surface area contributed by atoms with E-state index in [2.05, 4.69) is 36.2 Å². The Balaban J connectivity index is 1.36. The van der Waals surface area contributed by atoms with Crippen molar-refractivity contribution in [2.75, 3.05) is 0 Å². The van der Waals surface area contributed by atoms with Crippen molar-refractivity contribution in [1.82, 2.24) is 4.98 Å². The van der Waals surface area contributed by atoms with Gasteiger partial charge in [0.25, 0.3) is 0 Å². The summed E-state index contributed by atoms with van der Waals surface area (Å²) >= 11 is 7.42. The fourth-order valence-electron chi connectivity index (χ4n) is 8.14. The summed E-state index contributed by atoms with van der Waals surface area (Å²) in [6.07, 6.45) is 11.8. The lowest BCUT2D eigenvalue weighted by molar-refractivity contribution is -0.118. The van der Waals surface area contributed by atoms with Crippen LogP contribution in [0.2, 0.25) is 0 Å². The molecule has 4 aliphatic rings. The third-order valence-electron chi connectivity index (χ3n) is 9.98. The molecule has 6 rings (SSSR count). The van der Waals surface area contributed by atoms with E-state index in [1.807, 2.05) is 0 Å². The number of alkyl halides is 1. The van der Waals surface area contributed by atoms with Crippen molar-refractivity contribution in [1.29, 1.82) is 0 Å². The van der Waals surface area contributed by atoms with Gasteiger partial charge in [-0.05, 0) is 103 Å². The van der Waals surface area contributed by atoms with E-state index < -0.39 is 10.5 Å². The molecule has 0 amide bonds. The molecular weight excluding hydrogens is 434 g/mol. The quantitative estimate of drug-likeness (QED) is 0.491. The predicted molar refractivity (Wildman–Crippen MR) is 132 cm³/mol. The first-order chi connectivity index (χ1) is 15.7. The molecule has 0 saturated heterocycles. The second-order valence-electron chi connectivity index (χ2n) is 11.6. The molecule has 6 unspecified atom stereocenters. The summed E-state index contributed by atoms with van der Waals surface area (Å²) < 4.78 is 0. The van der Waals surface area contributed by atoms with Crippen LogP contribution in [0.15, 0.2) is 41.3 Å². The molecule has 0 radical (unpaired) electrons. The SMILES string of the molecule is CC12CCC3(Cl)CC4CC(O)CCC4CC[C@]3(O)C1CC=C2c1ccc2c[nH]c(=O)cc2c1. The number of rotatable bonds is 1. The zero-order valence-electron chi connectivity index (χ0n) is 19.3. The predicted octanol–water partition coefficient (Wildman–Crippen LogP) is 5.40. The summed E-state index contributed by atoms with van der Waals surface area (Å²) in [6.45, 7) is 2.31. The second-order valence-corrected chi connectivity index (χ2v) is 12.3. The zero-order valence-corrected chi connectivity index (χ0v) is 20.1. The summed E-state index contributed by atoms with van der Waals surface area (Å²) in [5.74, 6) is 1.07. The van der Waals surface area contributed by atoms with Crippen molar-refractivity contribution in [3.05, 3.63) is 52.5 Å². The summed E-state index contributed by atoms with van der Waals surface area (Å²) in [6, 6.07) is 8.01. The van der Waals surface area contributed by atoms with Gasteiger partial charge in [-0.1, -0.05) is 25.1 Å². The topological polar surface area (TPSA) is 73.3 Å². The fourth-order valence-corrected chi connectivity index (χ4v) is 8.66. The summed E-state index contributed by atoms with van der Waals surface area (Å²) in [7, 11) is 0. The Hall–Kier alpha value is -1.62. The number of aliphatic hydroxyl groups excluding tert-OH is 1. The van der Waals surface area contributed by atoms with Crippen molar-refractivity contribution in [3.8, 4) is 0 Å². The molecule has 4 nitrogen and oxygen atoms in total. The third kappa shape index (κ3) is 3.20. The van der Waals surface area contributed by atoms with E-state index in [0.717, 1.165) is 74.1 Å². The van der Waals surface area contributed by atoms with E-state index in [1.165, 1.54) is 5.57 Å². The van der Waals surface area contributed by atoms with Gasteiger partial charge in [0, 0.05) is 18.2 Å². The van der Waals surface area contributed by atoms with E-state index in [9.17, 15) is 15.0 Å². The van der Waals surface area contributed by atoms with Crippen molar-refractivity contribution < 1.29 is 10.2 Å². The molecule has 176 valence electrons. The number of halogens is 1. The van der Waals surface area contributed by atoms with Crippen molar-refractivity contribution in [3.63, 3.8) is 0 Å². The average Bonchev–Trinajstić information content (AvgIpc) is 3.09. The highest BCUT2D eigenvalue weighted by Gasteiger charge is 2.65. The number of H-pyrrole nitrogens is 1. The molecule has 0 spiro atoms. The monoisotopic (exact) mass is 467 g/mol. The van der Waals surface area contributed by atoms with Crippen LogP contribution in [0.25, 0.3) is 16.3 Å². The van der Waals surface area contributed by atoms with Gasteiger partial charge < -0.3 is 15.2 Å². The Labute approximate surface area is 200 Å². The standard InChI is InChI=1S/C28H34ClNO3/c1-26-10-11-27(29)15-21-13-22(31)5-4-17(21)8-9-28(27,33)24(26)7-6-23(26)18-2-3-19-16-30-25(32)14-20(19)12-18/h2-3,6,12,14,16-17,21-22,24,31,33H,4-5,7-11,13,15H2,1H3,(H,30,32)/t17?,21?,22?,24?,26?,27?,28-/m0/s1. The number of pyridine rings is 1. The summed E-state index contributed by atoms with van der Waals surface area (Å²) in [4.78, 5) is 14.0. The fraction of sp³-hybridized carbons (Fsp3) is 0.607. The summed E-state index contributed by atoms with van der Waals surface area (Å²) in [5.41, 5.74) is 1.30. The number of hydrogen-bond acceptors (Lipinski definition) is 3. The average molecular weight is 468 g/mol. The van der Waals surface area contributed by atoms with Crippen LogP contribution in [0.3, 0.4) is 0 Å². The van der Waals surface area contributed by atoms with Gasteiger partial charge in [0.2, 0.25) is 5.56 Å². The minimum absolute atomic E-state index is 0.0891. The Bertz CT molecular complexity index is 1190. The number of aromatic nitrogens is 1. The van der Waals surface area contributed by atoms with Gasteiger partial charge in [-0.3, -0.25) is 4.79 Å². The molecule has 3 N–H and O–H groups in total. The van der Waals surface area contributed by atoms with E-state index in [-0.39, 0.29) is 23.0 Å². The van der Waals surface area contributed by atoms with E-state index in [0.29, 0.717) is 11.8 Å². The Kier molecular flexibility index (Phi) is 4.93. The minimum atomic E-state index is -0.907. The van der Waals surface area contributed by atoms with Gasteiger partial charge in [0.15, 0.2) is 0 Å². The van der Waals surface area contributed by atoms with Gasteiger partial charge in [0.1, 0.15) is 0 Å². The van der Waals surface area contributed by atoms with Crippen molar-refractivity contribution in [2.24, 2.45) is 23.2 Å². The molecule has 33 heavy (non-hydrogen) atoms. The molecule has 0 bridgehead atoms. The molecule has 0 aliphatic heterocycles. The summed E-state index contributed by atoms with van der Waals surface area (Å²) in [5, 5.41) is 24.6. The first kappa shape index (κ1) is 21.9. The van der Waals surface area contributed by atoms with Crippen molar-refractivity contribution in [2.45, 2.75) is 81.3 Å². The third-order valence-corrected chi connectivity index (χ3v) is 10.7. The largest absolute Gasteiger partial charge is 0.393 e. The van der Waals surface area contributed by atoms with Crippen LogP contribution in [0.5, 0.6) is 0 Å². The Morgan fingerprint density at radius 3 is 2.76 bits per heavy atom. The van der Waals surface area contributed by atoms with Crippen LogP contribution in [0.1, 0.15) is 70.3 Å². The van der Waals surface area contributed by atoms with Gasteiger partial charge >= 0.3 is 0 Å². The number of benzene rings is 1. The molecule has 5 heteroatoms. The number of nitrogens with one attached hydrogen (secondary N) is 1. The van der Waals surface area contributed by atoms with Crippen LogP contribution >= 0.6 is 11.6 Å². The van der Waals surface area contributed by atoms with Gasteiger partial charge in [-0.15, -0.1) is 11.6 Å². The van der Waals surface area contributed by atoms with Crippen LogP contribution in [0.4, 0.5) is 0 Å². The van der Waals surface area contributed by atoms with E-state index >= 15 is 0 Å². The number of fused-ring (bicyclic) bond motifs is 5. The smallest absolute Gasteiger partial charge is 0.248 e. The highest BCUT2D eigenvalue weighted by atomic mass is 35.5. The number of allylic oxidation sites excluding steroid dienone is 2. The maximum absolute atomic E-state index is 12.4. The second kappa shape index (κ2) is 7.44. The first-order valence-electron chi connectivity index (χ1n) is 12.6. The van der Waals surface area contributed by atoms with Gasteiger partial charge in [-0.25, -0.2) is 0 Å². The number of aromatic amines is 1. The minimum Gasteiger partial charge on any atom is -0.393 e. The maximum Gasteiger partial charge on any atom is 0.248 e. The molecule has 2 aromatic rings. The first-order valence-corrected chi connectivity index (χ1v) is 13.0. The van der Waals surface area contributed by atoms with Crippen LogP contribution < -0.4 is 5.56 Å². The van der Waals surface area contributed by atoms with Crippen LogP contribution in [0, 0.1) is 23.2 Å². The zero-order chi connectivity index (χ0) is 23.0. The maximum atomic E-state index is 12.4. The number of aliphatic hydroxyl groups is 2. The van der Waals surface area contributed by atoms with Gasteiger partial charge in [0.05, 0.1) is 16.6 Å². The normalized spacial score (nSPS) is 42.7.